The Kier molecular flexibility index (Phi) is 4.06. The number of nitrogens with zero attached hydrogens (tertiary/aromatic N) is 1. The zero-order valence-corrected chi connectivity index (χ0v) is 11.2. The number of hydrogen-bond acceptors (Lipinski definition) is 4. The van der Waals surface area contributed by atoms with E-state index in [2.05, 4.69) is 10.2 Å². The number of H-pyrrole nitrogens is 1. The van der Waals surface area contributed by atoms with Gasteiger partial charge in [-0.2, -0.15) is 5.10 Å². The maximum absolute atomic E-state index is 13.0. The summed E-state index contributed by atoms with van der Waals surface area (Å²) in [4.78, 5) is 10.8. The van der Waals surface area contributed by atoms with Crippen LogP contribution in [0.25, 0.3) is 11.3 Å². The predicted molar refractivity (Wildman–Crippen MR) is 69.0 cm³/mol. The number of hydrogen-bond donors (Lipinski definition) is 2. The SMILES string of the molecule is COc1cc(OC)c(C(F)F)cc1-c1cc(C(=O)O)[nH]n1. The van der Waals surface area contributed by atoms with Gasteiger partial charge in [0.25, 0.3) is 6.43 Å². The second-order valence-electron chi connectivity index (χ2n) is 4.07. The van der Waals surface area contributed by atoms with Crippen LogP contribution in [-0.2, 0) is 0 Å². The Hall–Kier alpha value is -2.64. The molecule has 0 spiro atoms. The minimum Gasteiger partial charge on any atom is -0.496 e. The van der Waals surface area contributed by atoms with E-state index >= 15 is 0 Å². The summed E-state index contributed by atoms with van der Waals surface area (Å²) in [5.41, 5.74) is -0.0409. The number of nitrogens with one attached hydrogen (secondary N) is 1. The fourth-order valence-corrected chi connectivity index (χ4v) is 1.86. The lowest BCUT2D eigenvalue weighted by molar-refractivity contribution is 0.0690. The van der Waals surface area contributed by atoms with Gasteiger partial charge in [0.1, 0.15) is 17.2 Å². The Balaban J connectivity index is 2.60. The Bertz CT molecular complexity index is 670. The maximum atomic E-state index is 13.0. The van der Waals surface area contributed by atoms with E-state index in [1.165, 1.54) is 32.4 Å². The number of methoxy groups -OCH3 is 2. The average Bonchev–Trinajstić information content (AvgIpc) is 2.95. The number of benzene rings is 1. The van der Waals surface area contributed by atoms with Crippen LogP contribution in [0.5, 0.6) is 11.5 Å². The number of rotatable bonds is 5. The minimum absolute atomic E-state index is 0.0143. The van der Waals surface area contributed by atoms with E-state index < -0.39 is 12.4 Å². The van der Waals surface area contributed by atoms with Crippen molar-refractivity contribution in [2.24, 2.45) is 0 Å². The largest absolute Gasteiger partial charge is 0.496 e. The quantitative estimate of drug-likeness (QED) is 0.886. The summed E-state index contributed by atoms with van der Waals surface area (Å²) in [6, 6.07) is 3.72. The number of aromatic nitrogens is 2. The van der Waals surface area contributed by atoms with E-state index in [0.717, 1.165) is 0 Å². The van der Waals surface area contributed by atoms with Crippen molar-refractivity contribution in [3.05, 3.63) is 29.5 Å². The summed E-state index contributed by atoms with van der Waals surface area (Å²) < 4.78 is 36.1. The van der Waals surface area contributed by atoms with Crippen molar-refractivity contribution < 1.29 is 28.2 Å². The lowest BCUT2D eigenvalue weighted by Gasteiger charge is -2.13. The number of alkyl halides is 2. The zero-order chi connectivity index (χ0) is 15.6. The van der Waals surface area contributed by atoms with Crippen LogP contribution in [0.1, 0.15) is 22.5 Å². The smallest absolute Gasteiger partial charge is 0.353 e. The Morgan fingerprint density at radius 1 is 1.24 bits per heavy atom. The van der Waals surface area contributed by atoms with E-state index in [1.807, 2.05) is 0 Å². The van der Waals surface area contributed by atoms with Crippen molar-refractivity contribution in [3.8, 4) is 22.8 Å². The molecule has 2 rings (SSSR count). The van der Waals surface area contributed by atoms with E-state index in [-0.39, 0.29) is 34.0 Å². The highest BCUT2D eigenvalue weighted by molar-refractivity contribution is 5.87. The van der Waals surface area contributed by atoms with Gasteiger partial charge in [-0.1, -0.05) is 0 Å². The molecule has 1 heterocycles. The minimum atomic E-state index is -2.75. The summed E-state index contributed by atoms with van der Waals surface area (Å²) in [5, 5.41) is 15.0. The topological polar surface area (TPSA) is 84.4 Å². The lowest BCUT2D eigenvalue weighted by Crippen LogP contribution is -1.97. The number of aromatic amines is 1. The molecule has 0 amide bonds. The summed E-state index contributed by atoms with van der Waals surface area (Å²) in [6.07, 6.45) is -2.75. The molecule has 2 N–H and O–H groups in total. The monoisotopic (exact) mass is 298 g/mol. The normalized spacial score (nSPS) is 10.7. The highest BCUT2D eigenvalue weighted by Gasteiger charge is 2.21. The number of halogens is 2. The highest BCUT2D eigenvalue weighted by atomic mass is 19.3. The fraction of sp³-hybridized carbons (Fsp3) is 0.231. The zero-order valence-electron chi connectivity index (χ0n) is 11.2. The number of ether oxygens (including phenoxy) is 2. The molecule has 0 atom stereocenters. The third kappa shape index (κ3) is 2.78. The van der Waals surface area contributed by atoms with Gasteiger partial charge in [0.05, 0.1) is 25.5 Å². The third-order valence-electron chi connectivity index (χ3n) is 2.87. The Morgan fingerprint density at radius 3 is 2.38 bits per heavy atom. The molecule has 112 valence electrons. The van der Waals surface area contributed by atoms with Gasteiger partial charge in [0.15, 0.2) is 0 Å². The van der Waals surface area contributed by atoms with Gasteiger partial charge < -0.3 is 14.6 Å². The number of aromatic carboxylic acids is 1. The fourth-order valence-electron chi connectivity index (χ4n) is 1.86. The molecule has 6 nitrogen and oxygen atoms in total. The molecule has 2 aromatic rings. The standard InChI is InChI=1S/C13H12F2N2O4/c1-20-10-5-11(21-2)7(12(14)15)3-6(10)8-4-9(13(18)19)17-16-8/h3-5,12H,1-2H3,(H,16,17)(H,18,19). The van der Waals surface area contributed by atoms with Crippen molar-refractivity contribution in [1.29, 1.82) is 0 Å². The molecule has 0 radical (unpaired) electrons. The number of carboxylic acid groups (broad SMARTS) is 1. The maximum Gasteiger partial charge on any atom is 0.353 e. The van der Waals surface area contributed by atoms with Gasteiger partial charge in [-0.15, -0.1) is 0 Å². The molecule has 21 heavy (non-hydrogen) atoms. The first-order valence-corrected chi connectivity index (χ1v) is 5.81. The molecule has 8 heteroatoms. The molecule has 0 aliphatic rings. The van der Waals surface area contributed by atoms with Crippen LogP contribution in [0.2, 0.25) is 0 Å². The molecule has 0 bridgehead atoms. The van der Waals surface area contributed by atoms with Gasteiger partial charge in [0, 0.05) is 11.6 Å². The van der Waals surface area contributed by atoms with Crippen molar-refractivity contribution in [2.75, 3.05) is 14.2 Å². The van der Waals surface area contributed by atoms with Crippen molar-refractivity contribution in [3.63, 3.8) is 0 Å². The van der Waals surface area contributed by atoms with Crippen molar-refractivity contribution in [2.45, 2.75) is 6.43 Å². The van der Waals surface area contributed by atoms with Crippen LogP contribution in [-0.4, -0.2) is 35.5 Å². The summed E-state index contributed by atoms with van der Waals surface area (Å²) in [6.45, 7) is 0. The average molecular weight is 298 g/mol. The Morgan fingerprint density at radius 2 is 1.90 bits per heavy atom. The van der Waals surface area contributed by atoms with Gasteiger partial charge in [-0.05, 0) is 12.1 Å². The molecule has 0 saturated carbocycles. The van der Waals surface area contributed by atoms with Crippen LogP contribution in [0.4, 0.5) is 8.78 Å². The van der Waals surface area contributed by atoms with E-state index in [0.29, 0.717) is 0 Å². The first-order valence-electron chi connectivity index (χ1n) is 5.81. The lowest BCUT2D eigenvalue weighted by atomic mass is 10.1. The van der Waals surface area contributed by atoms with Crippen molar-refractivity contribution in [1.82, 2.24) is 10.2 Å². The molecular formula is C13H12F2N2O4. The van der Waals surface area contributed by atoms with E-state index in [4.69, 9.17) is 14.6 Å². The predicted octanol–water partition coefficient (Wildman–Crippen LogP) is 2.73. The molecule has 0 unspecified atom stereocenters. The van der Waals surface area contributed by atoms with Gasteiger partial charge in [-0.25, -0.2) is 13.6 Å². The van der Waals surface area contributed by atoms with Crippen LogP contribution in [0.15, 0.2) is 18.2 Å². The second kappa shape index (κ2) is 5.78. The second-order valence-corrected chi connectivity index (χ2v) is 4.07. The summed E-state index contributed by atoms with van der Waals surface area (Å²) >= 11 is 0. The number of carbonyl (C=O) groups is 1. The van der Waals surface area contributed by atoms with Crippen LogP contribution < -0.4 is 9.47 Å². The van der Waals surface area contributed by atoms with Gasteiger partial charge >= 0.3 is 5.97 Å². The van der Waals surface area contributed by atoms with Crippen molar-refractivity contribution >= 4 is 5.97 Å². The van der Waals surface area contributed by atoms with E-state index in [9.17, 15) is 13.6 Å². The van der Waals surface area contributed by atoms with Gasteiger partial charge in [0.2, 0.25) is 0 Å². The van der Waals surface area contributed by atoms with Crippen LogP contribution in [0.3, 0.4) is 0 Å². The first kappa shape index (κ1) is 14.8. The summed E-state index contributed by atoms with van der Waals surface area (Å²) in [7, 11) is 2.64. The Labute approximate surface area is 118 Å². The van der Waals surface area contributed by atoms with E-state index in [1.54, 1.807) is 0 Å². The molecule has 0 aliphatic carbocycles. The molecule has 0 saturated heterocycles. The molecule has 1 aromatic carbocycles. The highest BCUT2D eigenvalue weighted by Crippen LogP contribution is 2.39. The third-order valence-corrected chi connectivity index (χ3v) is 2.87. The van der Waals surface area contributed by atoms with Crippen LogP contribution >= 0.6 is 0 Å². The van der Waals surface area contributed by atoms with Crippen LogP contribution in [0, 0.1) is 0 Å². The molecular weight excluding hydrogens is 286 g/mol. The first-order chi connectivity index (χ1) is 9.97. The number of carboxylic acids is 1. The van der Waals surface area contributed by atoms with Gasteiger partial charge in [-0.3, -0.25) is 5.10 Å². The summed E-state index contributed by atoms with van der Waals surface area (Å²) in [5.74, 6) is -0.963. The molecule has 0 aliphatic heterocycles. The molecule has 0 fully saturated rings. The molecule has 1 aromatic heterocycles.